The summed E-state index contributed by atoms with van der Waals surface area (Å²) in [4.78, 5) is 14.8. The molecule has 3 heterocycles. The van der Waals surface area contributed by atoms with Crippen LogP contribution in [0.25, 0.3) is 21.1 Å². The summed E-state index contributed by atoms with van der Waals surface area (Å²) in [6.45, 7) is 0.583. The number of aromatic nitrogens is 3. The number of nitrogens with zero attached hydrogens (tertiary/aromatic N) is 3. The van der Waals surface area contributed by atoms with Gasteiger partial charge in [-0.05, 0) is 17.5 Å². The number of hydrogen-bond acceptors (Lipinski definition) is 7. The van der Waals surface area contributed by atoms with Gasteiger partial charge < -0.3 is 10.1 Å². The monoisotopic (exact) mass is 380 g/mol. The average molecular weight is 380 g/mol. The quantitative estimate of drug-likeness (QED) is 0.513. The molecule has 0 aliphatic heterocycles. The highest BCUT2D eigenvalue weighted by molar-refractivity contribution is 7.14. The van der Waals surface area contributed by atoms with Crippen LogP contribution in [-0.2, 0) is 6.54 Å². The van der Waals surface area contributed by atoms with Crippen molar-refractivity contribution in [2.75, 3.05) is 12.4 Å². The Morgan fingerprint density at radius 2 is 1.96 bits per heavy atom. The van der Waals surface area contributed by atoms with E-state index < -0.39 is 0 Å². The second-order valence-electron chi connectivity index (χ2n) is 5.44. The predicted octanol–water partition coefficient (Wildman–Crippen LogP) is 4.95. The van der Waals surface area contributed by atoms with E-state index in [-0.39, 0.29) is 0 Å². The highest BCUT2D eigenvalue weighted by atomic mass is 32.1. The molecular weight excluding hydrogens is 364 g/mol. The topological polar surface area (TPSA) is 59.9 Å². The molecular formula is C19H16N4OS2. The van der Waals surface area contributed by atoms with Gasteiger partial charge in [0.05, 0.1) is 7.11 Å². The van der Waals surface area contributed by atoms with Crippen LogP contribution in [0.3, 0.4) is 0 Å². The molecule has 0 aliphatic carbocycles. The Kier molecular flexibility index (Phi) is 4.90. The van der Waals surface area contributed by atoms with Crippen molar-refractivity contribution < 1.29 is 4.74 Å². The van der Waals surface area contributed by atoms with E-state index in [1.807, 2.05) is 41.9 Å². The lowest BCUT2D eigenvalue weighted by molar-refractivity contribution is 0.410. The SMILES string of the molecule is COc1ccccc1CNc1ncc(-c2cccs2)c(-c2nccs2)n1. The molecule has 26 heavy (non-hydrogen) atoms. The summed E-state index contributed by atoms with van der Waals surface area (Å²) >= 11 is 3.24. The Hall–Kier alpha value is -2.77. The lowest BCUT2D eigenvalue weighted by atomic mass is 10.2. The Morgan fingerprint density at radius 1 is 1.04 bits per heavy atom. The molecule has 0 unspecified atom stereocenters. The molecule has 130 valence electrons. The molecule has 0 fully saturated rings. The van der Waals surface area contributed by atoms with Crippen molar-refractivity contribution >= 4 is 28.6 Å². The summed E-state index contributed by atoms with van der Waals surface area (Å²) in [7, 11) is 1.67. The van der Waals surface area contributed by atoms with Crippen LogP contribution in [0.15, 0.2) is 59.6 Å². The molecule has 1 N–H and O–H groups in total. The van der Waals surface area contributed by atoms with Crippen molar-refractivity contribution in [3.8, 4) is 26.9 Å². The standard InChI is InChI=1S/C19H16N4OS2/c1-24-15-6-3-2-5-13(15)11-21-19-22-12-14(16-7-4-9-25-16)17(23-19)18-20-8-10-26-18/h2-10,12H,11H2,1H3,(H,21,22,23). The van der Waals surface area contributed by atoms with Gasteiger partial charge in [-0.1, -0.05) is 24.3 Å². The van der Waals surface area contributed by atoms with Crippen LogP contribution in [0.2, 0.25) is 0 Å². The van der Waals surface area contributed by atoms with Crippen molar-refractivity contribution in [1.82, 2.24) is 15.0 Å². The minimum atomic E-state index is 0.571. The lowest BCUT2D eigenvalue weighted by Crippen LogP contribution is -2.06. The van der Waals surface area contributed by atoms with Gasteiger partial charge >= 0.3 is 0 Å². The fourth-order valence-electron chi connectivity index (χ4n) is 2.61. The maximum atomic E-state index is 5.40. The molecule has 3 aromatic heterocycles. The van der Waals surface area contributed by atoms with Gasteiger partial charge in [0.25, 0.3) is 0 Å². The zero-order valence-electron chi connectivity index (χ0n) is 14.0. The molecule has 0 spiro atoms. The van der Waals surface area contributed by atoms with Crippen LogP contribution in [0.4, 0.5) is 5.95 Å². The molecule has 0 radical (unpaired) electrons. The summed E-state index contributed by atoms with van der Waals surface area (Å²) < 4.78 is 5.40. The van der Waals surface area contributed by atoms with E-state index in [1.54, 1.807) is 36.0 Å². The normalized spacial score (nSPS) is 10.7. The summed E-state index contributed by atoms with van der Waals surface area (Å²) in [5, 5.41) is 8.18. The van der Waals surface area contributed by atoms with E-state index in [0.717, 1.165) is 32.5 Å². The summed E-state index contributed by atoms with van der Waals surface area (Å²) in [5.74, 6) is 1.41. The van der Waals surface area contributed by atoms with Gasteiger partial charge in [0.1, 0.15) is 16.5 Å². The second-order valence-corrected chi connectivity index (χ2v) is 7.28. The van der Waals surface area contributed by atoms with Crippen molar-refractivity contribution in [3.05, 3.63) is 65.1 Å². The summed E-state index contributed by atoms with van der Waals surface area (Å²) in [5.41, 5.74) is 2.90. The maximum absolute atomic E-state index is 5.40. The highest BCUT2D eigenvalue weighted by Gasteiger charge is 2.14. The average Bonchev–Trinajstić information content (AvgIpc) is 3.40. The number of rotatable bonds is 6. The number of thiophene rings is 1. The Labute approximate surface area is 159 Å². The van der Waals surface area contributed by atoms with Crippen LogP contribution in [-0.4, -0.2) is 22.1 Å². The van der Waals surface area contributed by atoms with Crippen LogP contribution >= 0.6 is 22.7 Å². The summed E-state index contributed by atoms with van der Waals surface area (Å²) in [6, 6.07) is 12.0. The van der Waals surface area contributed by atoms with Gasteiger partial charge in [0.15, 0.2) is 0 Å². The van der Waals surface area contributed by atoms with E-state index >= 15 is 0 Å². The van der Waals surface area contributed by atoms with Gasteiger partial charge in [-0.3, -0.25) is 0 Å². The molecule has 0 amide bonds. The van der Waals surface area contributed by atoms with Crippen molar-refractivity contribution in [1.29, 1.82) is 0 Å². The molecule has 0 saturated heterocycles. The Bertz CT molecular complexity index is 985. The fraction of sp³-hybridized carbons (Fsp3) is 0.105. The molecule has 0 aliphatic rings. The molecule has 5 nitrogen and oxygen atoms in total. The van der Waals surface area contributed by atoms with Gasteiger partial charge in [0.2, 0.25) is 5.95 Å². The number of anilines is 1. The molecule has 4 rings (SSSR count). The first kappa shape index (κ1) is 16.7. The third kappa shape index (κ3) is 3.44. The van der Waals surface area contributed by atoms with Crippen molar-refractivity contribution in [2.24, 2.45) is 0 Å². The smallest absolute Gasteiger partial charge is 0.223 e. The lowest BCUT2D eigenvalue weighted by Gasteiger charge is -2.11. The first-order chi connectivity index (χ1) is 12.8. The number of para-hydroxylation sites is 1. The van der Waals surface area contributed by atoms with Gasteiger partial charge in [-0.15, -0.1) is 22.7 Å². The van der Waals surface area contributed by atoms with Crippen molar-refractivity contribution in [2.45, 2.75) is 6.54 Å². The molecule has 0 atom stereocenters. The molecule has 1 aromatic carbocycles. The summed E-state index contributed by atoms with van der Waals surface area (Å²) in [6.07, 6.45) is 3.66. The Morgan fingerprint density at radius 3 is 2.73 bits per heavy atom. The first-order valence-corrected chi connectivity index (χ1v) is 9.77. The Balaban J connectivity index is 1.65. The highest BCUT2D eigenvalue weighted by Crippen LogP contribution is 2.34. The van der Waals surface area contributed by atoms with E-state index in [0.29, 0.717) is 12.5 Å². The minimum absolute atomic E-state index is 0.571. The van der Waals surface area contributed by atoms with Crippen LogP contribution in [0, 0.1) is 0 Å². The second kappa shape index (κ2) is 7.63. The molecule has 7 heteroatoms. The largest absolute Gasteiger partial charge is 0.496 e. The number of thiazole rings is 1. The first-order valence-electron chi connectivity index (χ1n) is 8.01. The van der Waals surface area contributed by atoms with Gasteiger partial charge in [0, 0.05) is 40.3 Å². The number of nitrogens with one attached hydrogen (secondary N) is 1. The number of methoxy groups -OCH3 is 1. The third-order valence-electron chi connectivity index (χ3n) is 3.84. The predicted molar refractivity (Wildman–Crippen MR) is 107 cm³/mol. The van der Waals surface area contributed by atoms with Crippen LogP contribution in [0.5, 0.6) is 5.75 Å². The minimum Gasteiger partial charge on any atom is -0.496 e. The van der Waals surface area contributed by atoms with Gasteiger partial charge in [-0.2, -0.15) is 0 Å². The van der Waals surface area contributed by atoms with E-state index in [1.165, 1.54) is 0 Å². The number of benzene rings is 1. The maximum Gasteiger partial charge on any atom is 0.223 e. The van der Waals surface area contributed by atoms with Crippen LogP contribution in [0.1, 0.15) is 5.56 Å². The fourth-order valence-corrected chi connectivity index (χ4v) is 3.98. The van der Waals surface area contributed by atoms with Crippen molar-refractivity contribution in [3.63, 3.8) is 0 Å². The zero-order chi connectivity index (χ0) is 17.8. The number of hydrogen-bond donors (Lipinski definition) is 1. The van der Waals surface area contributed by atoms with E-state index in [4.69, 9.17) is 9.72 Å². The third-order valence-corrected chi connectivity index (χ3v) is 5.52. The van der Waals surface area contributed by atoms with E-state index in [2.05, 4.69) is 26.7 Å². The molecule has 0 saturated carbocycles. The van der Waals surface area contributed by atoms with Crippen LogP contribution < -0.4 is 10.1 Å². The van der Waals surface area contributed by atoms with Gasteiger partial charge in [-0.25, -0.2) is 15.0 Å². The molecule has 0 bridgehead atoms. The molecule has 4 aromatic rings. The zero-order valence-corrected chi connectivity index (χ0v) is 15.7. The van der Waals surface area contributed by atoms with E-state index in [9.17, 15) is 0 Å². The number of ether oxygens (including phenoxy) is 1.